The highest BCUT2D eigenvalue weighted by Crippen LogP contribution is 2.54. The molecular formula is C24H24FN3O5. The van der Waals surface area contributed by atoms with Crippen LogP contribution >= 0.6 is 0 Å². The fraction of sp³-hybridized carbons (Fsp3) is 0.375. The van der Waals surface area contributed by atoms with Crippen molar-refractivity contribution in [3.8, 4) is 11.5 Å². The van der Waals surface area contributed by atoms with Gasteiger partial charge in [0.2, 0.25) is 17.7 Å². The van der Waals surface area contributed by atoms with Crippen molar-refractivity contribution < 1.29 is 29.0 Å². The quantitative estimate of drug-likeness (QED) is 0.408. The summed E-state index contributed by atoms with van der Waals surface area (Å²) in [5.41, 5.74) is -1.11. The molecule has 0 bridgehead atoms. The molecule has 8 nitrogen and oxygen atoms in total. The van der Waals surface area contributed by atoms with Gasteiger partial charge in [0.05, 0.1) is 11.8 Å². The van der Waals surface area contributed by atoms with Gasteiger partial charge in [0.25, 0.3) is 0 Å². The maximum absolute atomic E-state index is 14.3. The summed E-state index contributed by atoms with van der Waals surface area (Å²) in [4.78, 5) is 41.8. The van der Waals surface area contributed by atoms with E-state index in [0.717, 1.165) is 0 Å². The molecule has 0 radical (unpaired) electrons. The molecule has 172 valence electrons. The summed E-state index contributed by atoms with van der Waals surface area (Å²) in [5, 5.41) is 25.5. The number of likely N-dealkylation sites (tertiary alicyclic amines) is 1. The molecular weight excluding hydrogens is 429 g/mol. The van der Waals surface area contributed by atoms with Crippen molar-refractivity contribution in [1.82, 2.24) is 10.2 Å². The third-order valence-electron chi connectivity index (χ3n) is 6.84. The molecule has 4 N–H and O–H groups in total. The Hall–Kier alpha value is -3.46. The van der Waals surface area contributed by atoms with Gasteiger partial charge in [-0.1, -0.05) is 6.07 Å². The number of rotatable bonds is 2. The van der Waals surface area contributed by atoms with Crippen LogP contribution in [0, 0.1) is 17.7 Å². The van der Waals surface area contributed by atoms with Crippen LogP contribution in [0.5, 0.6) is 11.5 Å². The number of fused-ring (bicyclic) bond motifs is 4. The van der Waals surface area contributed by atoms with Crippen LogP contribution in [0.1, 0.15) is 31.9 Å². The van der Waals surface area contributed by atoms with Crippen LogP contribution in [0.2, 0.25) is 0 Å². The number of aromatic hydroxyl groups is 2. The second kappa shape index (κ2) is 6.77. The SMILES string of the molecule is CC(C)(C)N1C(=O)[C@H]2[C@@H](C1=O)[C@]1(N[C@@H]2Cc2ccc(O)c(O)c2)C(=O)Nc2ccc(F)cc21. The Morgan fingerprint density at radius 3 is 2.42 bits per heavy atom. The molecule has 4 atom stereocenters. The molecule has 2 saturated heterocycles. The number of phenols is 2. The lowest BCUT2D eigenvalue weighted by Crippen LogP contribution is -2.56. The molecule has 1 spiro atoms. The summed E-state index contributed by atoms with van der Waals surface area (Å²) in [6.45, 7) is 5.25. The summed E-state index contributed by atoms with van der Waals surface area (Å²) in [5.74, 6) is -4.45. The molecule has 2 aromatic carbocycles. The first-order valence-electron chi connectivity index (χ1n) is 10.7. The van der Waals surface area contributed by atoms with Crippen LogP contribution < -0.4 is 10.6 Å². The number of carbonyl (C=O) groups is 3. The van der Waals surface area contributed by atoms with Crippen molar-refractivity contribution in [2.45, 2.75) is 44.3 Å². The molecule has 0 aliphatic carbocycles. The minimum Gasteiger partial charge on any atom is -0.504 e. The van der Waals surface area contributed by atoms with E-state index in [0.29, 0.717) is 16.8 Å². The van der Waals surface area contributed by atoms with Crippen molar-refractivity contribution >= 4 is 23.4 Å². The normalized spacial score (nSPS) is 28.4. The number of nitrogens with zero attached hydrogens (tertiary/aromatic N) is 1. The van der Waals surface area contributed by atoms with Crippen molar-refractivity contribution in [2.24, 2.45) is 11.8 Å². The van der Waals surface area contributed by atoms with E-state index >= 15 is 0 Å². The molecule has 0 saturated carbocycles. The van der Waals surface area contributed by atoms with E-state index in [1.807, 2.05) is 0 Å². The van der Waals surface area contributed by atoms with Crippen LogP contribution in [0.15, 0.2) is 36.4 Å². The summed E-state index contributed by atoms with van der Waals surface area (Å²) < 4.78 is 14.3. The topological polar surface area (TPSA) is 119 Å². The van der Waals surface area contributed by atoms with E-state index in [9.17, 15) is 29.0 Å². The molecule has 3 aliphatic rings. The van der Waals surface area contributed by atoms with Crippen LogP contribution in [0.25, 0.3) is 0 Å². The Labute approximate surface area is 189 Å². The number of carbonyl (C=O) groups excluding carboxylic acids is 3. The standard InChI is InChI=1S/C24H24FN3O5/c1-23(2,3)28-20(31)18-15(8-11-4-7-16(29)17(30)9-11)27-24(19(18)21(28)32)13-10-12(25)5-6-14(13)26-22(24)33/h4-7,9-10,15,18-19,27,29-30H,8H2,1-3H3,(H,26,33)/t15-,18-,19+,24+/m1/s1. The van der Waals surface area contributed by atoms with Gasteiger partial charge in [-0.05, 0) is 63.1 Å². The van der Waals surface area contributed by atoms with Crippen molar-refractivity contribution in [2.75, 3.05) is 5.32 Å². The minimum atomic E-state index is -1.60. The van der Waals surface area contributed by atoms with Crippen LogP contribution in [0.3, 0.4) is 0 Å². The minimum absolute atomic E-state index is 0.200. The van der Waals surface area contributed by atoms with E-state index in [1.54, 1.807) is 26.8 Å². The van der Waals surface area contributed by atoms with Gasteiger partial charge in [-0.15, -0.1) is 0 Å². The first-order chi connectivity index (χ1) is 15.4. The number of imide groups is 1. The lowest BCUT2D eigenvalue weighted by Gasteiger charge is -2.34. The third-order valence-corrected chi connectivity index (χ3v) is 6.84. The largest absolute Gasteiger partial charge is 0.504 e. The molecule has 5 rings (SSSR count). The molecule has 9 heteroatoms. The number of halogens is 1. The van der Waals surface area contributed by atoms with Crippen LogP contribution in [0.4, 0.5) is 10.1 Å². The molecule has 3 aliphatic heterocycles. The lowest BCUT2D eigenvalue weighted by atomic mass is 9.76. The summed E-state index contributed by atoms with van der Waals surface area (Å²) >= 11 is 0. The van der Waals surface area contributed by atoms with Crippen LogP contribution in [-0.4, -0.2) is 44.4 Å². The Kier molecular flexibility index (Phi) is 4.39. The number of hydrogen-bond donors (Lipinski definition) is 4. The zero-order chi connectivity index (χ0) is 23.9. The second-order valence-corrected chi connectivity index (χ2v) is 9.92. The summed E-state index contributed by atoms with van der Waals surface area (Å²) in [6, 6.07) is 7.56. The van der Waals surface area contributed by atoms with Crippen LogP contribution in [-0.2, 0) is 26.3 Å². The summed E-state index contributed by atoms with van der Waals surface area (Å²) in [7, 11) is 0. The molecule has 33 heavy (non-hydrogen) atoms. The maximum Gasteiger partial charge on any atom is 0.250 e. The second-order valence-electron chi connectivity index (χ2n) is 9.92. The van der Waals surface area contributed by atoms with Gasteiger partial charge >= 0.3 is 0 Å². The zero-order valence-corrected chi connectivity index (χ0v) is 18.3. The molecule has 0 aromatic heterocycles. The molecule has 3 heterocycles. The van der Waals surface area contributed by atoms with Gasteiger partial charge in [-0.3, -0.25) is 24.6 Å². The van der Waals surface area contributed by atoms with Gasteiger partial charge in [0, 0.05) is 22.8 Å². The van der Waals surface area contributed by atoms with Gasteiger partial charge in [0.15, 0.2) is 11.5 Å². The third kappa shape index (κ3) is 2.88. The van der Waals surface area contributed by atoms with E-state index in [4.69, 9.17) is 0 Å². The first kappa shape index (κ1) is 21.4. The monoisotopic (exact) mass is 453 g/mol. The summed E-state index contributed by atoms with van der Waals surface area (Å²) in [6.07, 6.45) is 0.200. The van der Waals surface area contributed by atoms with E-state index in [-0.39, 0.29) is 17.9 Å². The molecule has 3 amide bonds. The Morgan fingerprint density at radius 2 is 1.76 bits per heavy atom. The van der Waals surface area contributed by atoms with E-state index < -0.39 is 52.5 Å². The number of nitrogens with one attached hydrogen (secondary N) is 2. The average molecular weight is 453 g/mol. The van der Waals surface area contributed by atoms with E-state index in [2.05, 4.69) is 10.6 Å². The van der Waals surface area contributed by atoms with Gasteiger partial charge in [-0.25, -0.2) is 4.39 Å². The highest BCUT2D eigenvalue weighted by Gasteiger charge is 2.71. The zero-order valence-electron chi connectivity index (χ0n) is 18.3. The smallest absolute Gasteiger partial charge is 0.250 e. The number of anilines is 1. The highest BCUT2D eigenvalue weighted by atomic mass is 19.1. The Morgan fingerprint density at radius 1 is 1.03 bits per heavy atom. The van der Waals surface area contributed by atoms with Crippen molar-refractivity contribution in [3.63, 3.8) is 0 Å². The first-order valence-corrected chi connectivity index (χ1v) is 10.7. The molecule has 2 fully saturated rings. The lowest BCUT2D eigenvalue weighted by molar-refractivity contribution is -0.147. The van der Waals surface area contributed by atoms with Gasteiger partial charge in [0.1, 0.15) is 11.4 Å². The number of benzene rings is 2. The fourth-order valence-corrected chi connectivity index (χ4v) is 5.56. The predicted octanol–water partition coefficient (Wildman–Crippen LogP) is 2.00. The van der Waals surface area contributed by atoms with E-state index in [1.165, 1.54) is 35.2 Å². The van der Waals surface area contributed by atoms with Crippen molar-refractivity contribution in [3.05, 3.63) is 53.3 Å². The van der Waals surface area contributed by atoms with Gasteiger partial charge in [-0.2, -0.15) is 0 Å². The number of amides is 3. The Bertz CT molecular complexity index is 1220. The maximum atomic E-state index is 14.3. The van der Waals surface area contributed by atoms with Crippen molar-refractivity contribution in [1.29, 1.82) is 0 Å². The molecule has 0 unspecified atom stereocenters. The number of hydrogen-bond acceptors (Lipinski definition) is 6. The highest BCUT2D eigenvalue weighted by molar-refractivity contribution is 6.15. The van der Waals surface area contributed by atoms with Gasteiger partial charge < -0.3 is 15.5 Å². The fourth-order valence-electron chi connectivity index (χ4n) is 5.56. The number of phenolic OH excluding ortho intramolecular Hbond substituents is 2. The molecule has 2 aromatic rings. The predicted molar refractivity (Wildman–Crippen MR) is 116 cm³/mol. The average Bonchev–Trinajstić information content (AvgIpc) is 3.29. The Balaban J connectivity index is 1.66.